The van der Waals surface area contributed by atoms with Crippen molar-refractivity contribution in [3.8, 4) is 11.8 Å². The number of methoxy groups -OCH3 is 1. The first-order valence-electron chi connectivity index (χ1n) is 5.56. The number of hydrogen-bond acceptors (Lipinski definition) is 3. The Bertz CT molecular complexity index is 411. The Kier molecular flexibility index (Phi) is 3.00. The van der Waals surface area contributed by atoms with Gasteiger partial charge >= 0.3 is 0 Å². The number of rotatable bonds is 2. The zero-order valence-corrected chi connectivity index (χ0v) is 9.68. The van der Waals surface area contributed by atoms with Crippen LogP contribution in [0.2, 0.25) is 0 Å². The standard InChI is InChI=1S/C13H16N2O/c1-10-11(9-14)6-7-15(10)12-4-3-5-13(8-12)16-2/h3-5,8,10-11H,6-7H2,1-2H3. The van der Waals surface area contributed by atoms with E-state index in [0.717, 1.165) is 24.4 Å². The van der Waals surface area contributed by atoms with Gasteiger partial charge in [0.1, 0.15) is 5.75 Å². The lowest BCUT2D eigenvalue weighted by molar-refractivity contribution is 0.414. The van der Waals surface area contributed by atoms with Gasteiger partial charge < -0.3 is 9.64 Å². The van der Waals surface area contributed by atoms with Crippen molar-refractivity contribution in [2.24, 2.45) is 5.92 Å². The summed E-state index contributed by atoms with van der Waals surface area (Å²) in [6.45, 7) is 3.06. The van der Waals surface area contributed by atoms with E-state index in [1.165, 1.54) is 0 Å². The lowest BCUT2D eigenvalue weighted by Gasteiger charge is -2.25. The lowest BCUT2D eigenvalue weighted by atomic mass is 10.0. The summed E-state index contributed by atoms with van der Waals surface area (Å²) in [5.41, 5.74) is 1.14. The SMILES string of the molecule is COc1cccc(N2CCC(C#N)C2C)c1. The molecular formula is C13H16N2O. The number of benzene rings is 1. The Labute approximate surface area is 96.2 Å². The summed E-state index contributed by atoms with van der Waals surface area (Å²) in [5.74, 6) is 1.01. The highest BCUT2D eigenvalue weighted by Crippen LogP contribution is 2.31. The van der Waals surface area contributed by atoms with E-state index >= 15 is 0 Å². The molecule has 0 aliphatic carbocycles. The third kappa shape index (κ3) is 1.83. The smallest absolute Gasteiger partial charge is 0.120 e. The Balaban J connectivity index is 2.22. The van der Waals surface area contributed by atoms with Gasteiger partial charge in [0.15, 0.2) is 0 Å². The topological polar surface area (TPSA) is 36.3 Å². The molecule has 0 spiro atoms. The van der Waals surface area contributed by atoms with E-state index < -0.39 is 0 Å². The number of nitrogens with zero attached hydrogens (tertiary/aromatic N) is 2. The van der Waals surface area contributed by atoms with Crippen molar-refractivity contribution < 1.29 is 4.74 Å². The Morgan fingerprint density at radius 3 is 2.94 bits per heavy atom. The van der Waals surface area contributed by atoms with E-state index in [9.17, 15) is 0 Å². The molecule has 3 nitrogen and oxygen atoms in total. The highest BCUT2D eigenvalue weighted by atomic mass is 16.5. The Morgan fingerprint density at radius 1 is 1.50 bits per heavy atom. The summed E-state index contributed by atoms with van der Waals surface area (Å²) in [7, 11) is 1.67. The van der Waals surface area contributed by atoms with Gasteiger partial charge in [-0.1, -0.05) is 6.07 Å². The van der Waals surface area contributed by atoms with Crippen LogP contribution in [0.3, 0.4) is 0 Å². The number of nitriles is 1. The van der Waals surface area contributed by atoms with Gasteiger partial charge in [-0.05, 0) is 25.5 Å². The largest absolute Gasteiger partial charge is 0.497 e. The Hall–Kier alpha value is -1.69. The van der Waals surface area contributed by atoms with Gasteiger partial charge in [0.05, 0.1) is 19.1 Å². The number of hydrogen-bond donors (Lipinski definition) is 0. The van der Waals surface area contributed by atoms with Crippen LogP contribution in [0, 0.1) is 17.2 Å². The quantitative estimate of drug-likeness (QED) is 0.761. The number of ether oxygens (including phenoxy) is 1. The lowest BCUT2D eigenvalue weighted by Crippen LogP contribution is -2.29. The molecular weight excluding hydrogens is 200 g/mol. The summed E-state index contributed by atoms with van der Waals surface area (Å²) >= 11 is 0. The van der Waals surface area contributed by atoms with Crippen LogP contribution >= 0.6 is 0 Å². The minimum absolute atomic E-state index is 0.145. The zero-order valence-electron chi connectivity index (χ0n) is 9.68. The first-order chi connectivity index (χ1) is 7.76. The molecule has 0 saturated carbocycles. The fourth-order valence-corrected chi connectivity index (χ4v) is 2.27. The van der Waals surface area contributed by atoms with Crippen LogP contribution in [0.25, 0.3) is 0 Å². The maximum absolute atomic E-state index is 9.00. The molecule has 16 heavy (non-hydrogen) atoms. The molecule has 0 bridgehead atoms. The molecule has 0 radical (unpaired) electrons. The number of anilines is 1. The molecule has 1 aromatic rings. The molecule has 2 rings (SSSR count). The molecule has 1 fully saturated rings. The average Bonchev–Trinajstić information content (AvgIpc) is 2.70. The van der Waals surface area contributed by atoms with E-state index in [2.05, 4.69) is 24.0 Å². The van der Waals surface area contributed by atoms with Crippen LogP contribution in [0.4, 0.5) is 5.69 Å². The van der Waals surface area contributed by atoms with Gasteiger partial charge in [0.25, 0.3) is 0 Å². The molecule has 0 aromatic heterocycles. The second-order valence-corrected chi connectivity index (χ2v) is 4.16. The van der Waals surface area contributed by atoms with Gasteiger partial charge in [-0.25, -0.2) is 0 Å². The van der Waals surface area contributed by atoms with Crippen molar-refractivity contribution in [2.45, 2.75) is 19.4 Å². The van der Waals surface area contributed by atoms with E-state index in [1.54, 1.807) is 7.11 Å². The molecule has 0 amide bonds. The van der Waals surface area contributed by atoms with E-state index in [-0.39, 0.29) is 12.0 Å². The van der Waals surface area contributed by atoms with Crippen LogP contribution in [0.15, 0.2) is 24.3 Å². The van der Waals surface area contributed by atoms with Crippen LogP contribution in [0.1, 0.15) is 13.3 Å². The van der Waals surface area contributed by atoms with Crippen molar-refractivity contribution in [1.82, 2.24) is 0 Å². The van der Waals surface area contributed by atoms with Crippen molar-refractivity contribution in [3.05, 3.63) is 24.3 Å². The fraction of sp³-hybridized carbons (Fsp3) is 0.462. The summed E-state index contributed by atoms with van der Waals surface area (Å²) in [4.78, 5) is 2.27. The summed E-state index contributed by atoms with van der Waals surface area (Å²) in [6.07, 6.45) is 0.953. The molecule has 1 heterocycles. The van der Waals surface area contributed by atoms with Gasteiger partial charge in [-0.15, -0.1) is 0 Å². The highest BCUT2D eigenvalue weighted by molar-refractivity contribution is 5.52. The highest BCUT2D eigenvalue weighted by Gasteiger charge is 2.30. The second-order valence-electron chi connectivity index (χ2n) is 4.16. The van der Waals surface area contributed by atoms with Gasteiger partial charge in [0, 0.05) is 24.3 Å². The van der Waals surface area contributed by atoms with Crippen LogP contribution < -0.4 is 9.64 Å². The molecule has 2 unspecified atom stereocenters. The molecule has 84 valence electrons. The first-order valence-corrected chi connectivity index (χ1v) is 5.56. The Morgan fingerprint density at radius 2 is 2.31 bits per heavy atom. The normalized spacial score (nSPS) is 24.2. The minimum Gasteiger partial charge on any atom is -0.497 e. The molecule has 1 aliphatic rings. The molecule has 1 aliphatic heterocycles. The second kappa shape index (κ2) is 4.44. The monoisotopic (exact) mass is 216 g/mol. The van der Waals surface area contributed by atoms with Crippen LogP contribution in [0.5, 0.6) is 5.75 Å². The van der Waals surface area contributed by atoms with Crippen LogP contribution in [-0.4, -0.2) is 19.7 Å². The molecule has 3 heteroatoms. The van der Waals surface area contributed by atoms with E-state index in [4.69, 9.17) is 10.00 Å². The van der Waals surface area contributed by atoms with Crippen molar-refractivity contribution in [3.63, 3.8) is 0 Å². The first kappa shape index (κ1) is 10.8. The molecule has 1 saturated heterocycles. The average molecular weight is 216 g/mol. The van der Waals surface area contributed by atoms with Crippen molar-refractivity contribution >= 4 is 5.69 Å². The maximum Gasteiger partial charge on any atom is 0.120 e. The molecule has 0 N–H and O–H groups in total. The van der Waals surface area contributed by atoms with E-state index in [0.29, 0.717) is 0 Å². The zero-order chi connectivity index (χ0) is 11.5. The third-order valence-corrected chi connectivity index (χ3v) is 3.31. The summed E-state index contributed by atoms with van der Waals surface area (Å²) in [5, 5.41) is 9.00. The fourth-order valence-electron chi connectivity index (χ4n) is 2.27. The minimum atomic E-state index is 0.145. The van der Waals surface area contributed by atoms with Crippen molar-refractivity contribution in [2.75, 3.05) is 18.6 Å². The predicted octanol–water partition coefficient (Wildman–Crippen LogP) is 2.43. The van der Waals surface area contributed by atoms with E-state index in [1.807, 2.05) is 18.2 Å². The summed E-state index contributed by atoms with van der Waals surface area (Å²) < 4.78 is 5.21. The third-order valence-electron chi connectivity index (χ3n) is 3.31. The van der Waals surface area contributed by atoms with Crippen LogP contribution in [-0.2, 0) is 0 Å². The van der Waals surface area contributed by atoms with Gasteiger partial charge in [-0.3, -0.25) is 0 Å². The molecule has 2 atom stereocenters. The maximum atomic E-state index is 9.00. The predicted molar refractivity (Wildman–Crippen MR) is 63.5 cm³/mol. The van der Waals surface area contributed by atoms with Crippen molar-refractivity contribution in [1.29, 1.82) is 5.26 Å². The van der Waals surface area contributed by atoms with Gasteiger partial charge in [0.2, 0.25) is 0 Å². The molecule has 1 aromatic carbocycles. The summed E-state index contributed by atoms with van der Waals surface area (Å²) in [6, 6.07) is 10.7. The van der Waals surface area contributed by atoms with Gasteiger partial charge in [-0.2, -0.15) is 5.26 Å².